The summed E-state index contributed by atoms with van der Waals surface area (Å²) in [6.45, 7) is 11.2. The third-order valence-corrected chi connectivity index (χ3v) is 3.02. The molecule has 2 nitrogen and oxygen atoms in total. The van der Waals surface area contributed by atoms with Crippen LogP contribution in [0.15, 0.2) is 0 Å². The predicted molar refractivity (Wildman–Crippen MR) is 56.0 cm³/mol. The fourth-order valence-corrected chi connectivity index (χ4v) is 1.92. The second-order valence-corrected chi connectivity index (χ2v) is 4.19. The molecule has 13 heavy (non-hydrogen) atoms. The molecule has 0 aromatic carbocycles. The molecule has 3 atom stereocenters. The molecular weight excluding hydrogens is 162 g/mol. The highest BCUT2D eigenvalue weighted by Crippen LogP contribution is 2.16. The number of morpholine rings is 1. The van der Waals surface area contributed by atoms with Crippen LogP contribution in [0.4, 0.5) is 0 Å². The van der Waals surface area contributed by atoms with Crippen molar-refractivity contribution in [2.75, 3.05) is 13.1 Å². The third-order valence-electron chi connectivity index (χ3n) is 3.02. The zero-order valence-electron chi connectivity index (χ0n) is 9.42. The monoisotopic (exact) mass is 185 g/mol. The molecule has 0 saturated carbocycles. The summed E-state index contributed by atoms with van der Waals surface area (Å²) < 4.78 is 5.82. The summed E-state index contributed by atoms with van der Waals surface area (Å²) in [6.07, 6.45) is 3.24. The van der Waals surface area contributed by atoms with Crippen molar-refractivity contribution in [2.45, 2.75) is 58.8 Å². The zero-order chi connectivity index (χ0) is 9.84. The summed E-state index contributed by atoms with van der Waals surface area (Å²) in [7, 11) is 0. The van der Waals surface area contributed by atoms with E-state index in [1.807, 2.05) is 0 Å². The molecule has 0 aromatic heterocycles. The summed E-state index contributed by atoms with van der Waals surface area (Å²) in [5.41, 5.74) is 0. The predicted octanol–water partition coefficient (Wildman–Crippen LogP) is 2.28. The summed E-state index contributed by atoms with van der Waals surface area (Å²) in [6, 6.07) is 0.709. The second kappa shape index (κ2) is 4.97. The molecule has 0 bridgehead atoms. The fourth-order valence-electron chi connectivity index (χ4n) is 1.92. The van der Waals surface area contributed by atoms with Gasteiger partial charge in [0, 0.05) is 19.1 Å². The molecule has 3 unspecified atom stereocenters. The van der Waals surface area contributed by atoms with Gasteiger partial charge in [0.15, 0.2) is 0 Å². The first-order chi connectivity index (χ1) is 6.17. The maximum absolute atomic E-state index is 5.82. The van der Waals surface area contributed by atoms with Gasteiger partial charge in [0.05, 0.1) is 12.2 Å². The van der Waals surface area contributed by atoms with Crippen molar-refractivity contribution in [3.63, 3.8) is 0 Å². The molecule has 0 spiro atoms. The van der Waals surface area contributed by atoms with E-state index >= 15 is 0 Å². The average Bonchev–Trinajstić information content (AvgIpc) is 2.15. The van der Waals surface area contributed by atoms with Gasteiger partial charge in [-0.1, -0.05) is 13.8 Å². The maximum atomic E-state index is 5.82. The van der Waals surface area contributed by atoms with Crippen LogP contribution in [0.1, 0.15) is 40.5 Å². The van der Waals surface area contributed by atoms with Crippen LogP contribution in [0.5, 0.6) is 0 Å². The Balaban J connectivity index is 2.46. The Morgan fingerprint density at radius 2 is 2.08 bits per heavy atom. The van der Waals surface area contributed by atoms with Gasteiger partial charge in [-0.25, -0.2) is 0 Å². The first kappa shape index (κ1) is 11.0. The lowest BCUT2D eigenvalue weighted by atomic mass is 10.1. The molecule has 1 heterocycles. The minimum atomic E-state index is 0.410. The Morgan fingerprint density at radius 1 is 1.38 bits per heavy atom. The van der Waals surface area contributed by atoms with Crippen LogP contribution in [0.3, 0.4) is 0 Å². The summed E-state index contributed by atoms with van der Waals surface area (Å²) >= 11 is 0. The minimum Gasteiger partial charge on any atom is -0.373 e. The van der Waals surface area contributed by atoms with Crippen molar-refractivity contribution in [3.05, 3.63) is 0 Å². The highest BCUT2D eigenvalue weighted by Gasteiger charge is 2.26. The number of rotatable bonds is 3. The number of hydrogen-bond donors (Lipinski definition) is 0. The lowest BCUT2D eigenvalue weighted by Gasteiger charge is -2.39. The molecule has 0 radical (unpaired) electrons. The van der Waals surface area contributed by atoms with Gasteiger partial charge in [0.2, 0.25) is 0 Å². The Labute approximate surface area is 82.3 Å². The Morgan fingerprint density at radius 3 is 2.62 bits per heavy atom. The smallest absolute Gasteiger partial charge is 0.0703 e. The van der Waals surface area contributed by atoms with Crippen LogP contribution >= 0.6 is 0 Å². The van der Waals surface area contributed by atoms with Crippen molar-refractivity contribution in [2.24, 2.45) is 0 Å². The van der Waals surface area contributed by atoms with Crippen molar-refractivity contribution in [3.8, 4) is 0 Å². The van der Waals surface area contributed by atoms with Gasteiger partial charge >= 0.3 is 0 Å². The molecule has 1 saturated heterocycles. The molecule has 1 aliphatic heterocycles. The van der Waals surface area contributed by atoms with Gasteiger partial charge in [0.1, 0.15) is 0 Å². The van der Waals surface area contributed by atoms with Gasteiger partial charge in [-0.05, 0) is 26.7 Å². The second-order valence-electron chi connectivity index (χ2n) is 4.19. The lowest BCUT2D eigenvalue weighted by Crippen LogP contribution is -2.49. The number of hydrogen-bond acceptors (Lipinski definition) is 2. The van der Waals surface area contributed by atoms with Gasteiger partial charge in [0.25, 0.3) is 0 Å². The molecule has 0 aromatic rings. The maximum Gasteiger partial charge on any atom is 0.0703 e. The molecular formula is C11H23NO. The Hall–Kier alpha value is -0.0800. The van der Waals surface area contributed by atoms with Gasteiger partial charge in [-0.15, -0.1) is 0 Å². The number of nitrogens with zero attached hydrogens (tertiary/aromatic N) is 1. The fraction of sp³-hybridized carbons (Fsp3) is 1.00. The molecule has 0 amide bonds. The first-order valence-electron chi connectivity index (χ1n) is 5.56. The van der Waals surface area contributed by atoms with E-state index in [1.54, 1.807) is 0 Å². The highest BCUT2D eigenvalue weighted by molar-refractivity contribution is 4.78. The normalized spacial score (nSPS) is 33.2. The molecule has 0 aliphatic carbocycles. The van der Waals surface area contributed by atoms with Crippen LogP contribution in [-0.4, -0.2) is 36.2 Å². The standard InChI is InChI=1S/C11H23NO/c1-5-9(3)12-7-10(4)13-11(6-2)8-12/h9-11H,5-8H2,1-4H3. The lowest BCUT2D eigenvalue weighted by molar-refractivity contribution is -0.0877. The summed E-state index contributed by atoms with van der Waals surface area (Å²) in [5, 5.41) is 0. The Bertz CT molecular complexity index is 149. The van der Waals surface area contributed by atoms with Gasteiger partial charge < -0.3 is 4.74 Å². The van der Waals surface area contributed by atoms with E-state index in [2.05, 4.69) is 32.6 Å². The van der Waals surface area contributed by atoms with Crippen molar-refractivity contribution in [1.29, 1.82) is 0 Å². The van der Waals surface area contributed by atoms with Crippen LogP contribution in [0, 0.1) is 0 Å². The van der Waals surface area contributed by atoms with E-state index < -0.39 is 0 Å². The van der Waals surface area contributed by atoms with E-state index in [1.165, 1.54) is 6.42 Å². The summed E-state index contributed by atoms with van der Waals surface area (Å²) in [5.74, 6) is 0. The molecule has 1 fully saturated rings. The van der Waals surface area contributed by atoms with Crippen molar-refractivity contribution >= 4 is 0 Å². The highest BCUT2D eigenvalue weighted by atomic mass is 16.5. The minimum absolute atomic E-state index is 0.410. The van der Waals surface area contributed by atoms with Crippen LogP contribution in [0.25, 0.3) is 0 Å². The van der Waals surface area contributed by atoms with Gasteiger partial charge in [-0.3, -0.25) is 4.90 Å². The third kappa shape index (κ3) is 2.96. The largest absolute Gasteiger partial charge is 0.373 e. The Kier molecular flexibility index (Phi) is 4.20. The molecule has 2 heteroatoms. The molecule has 1 rings (SSSR count). The average molecular weight is 185 g/mol. The van der Waals surface area contributed by atoms with Crippen LogP contribution < -0.4 is 0 Å². The topological polar surface area (TPSA) is 12.5 Å². The molecule has 1 aliphatic rings. The SMILES string of the molecule is CCC1CN(C(C)CC)CC(C)O1. The van der Waals surface area contributed by atoms with E-state index in [-0.39, 0.29) is 0 Å². The van der Waals surface area contributed by atoms with Gasteiger partial charge in [-0.2, -0.15) is 0 Å². The van der Waals surface area contributed by atoms with E-state index in [0.717, 1.165) is 19.5 Å². The van der Waals surface area contributed by atoms with Crippen molar-refractivity contribution < 1.29 is 4.74 Å². The number of ether oxygens (including phenoxy) is 1. The summed E-state index contributed by atoms with van der Waals surface area (Å²) in [4.78, 5) is 2.56. The van der Waals surface area contributed by atoms with E-state index in [4.69, 9.17) is 4.74 Å². The molecule has 78 valence electrons. The van der Waals surface area contributed by atoms with Crippen LogP contribution in [-0.2, 0) is 4.74 Å². The quantitative estimate of drug-likeness (QED) is 0.669. The zero-order valence-corrected chi connectivity index (χ0v) is 9.42. The van der Waals surface area contributed by atoms with E-state index in [9.17, 15) is 0 Å². The van der Waals surface area contributed by atoms with E-state index in [0.29, 0.717) is 18.2 Å². The molecule has 0 N–H and O–H groups in total. The first-order valence-corrected chi connectivity index (χ1v) is 5.56. The van der Waals surface area contributed by atoms with Crippen molar-refractivity contribution in [1.82, 2.24) is 4.90 Å². The van der Waals surface area contributed by atoms with Crippen LogP contribution in [0.2, 0.25) is 0 Å².